The lowest BCUT2D eigenvalue weighted by molar-refractivity contribution is 0.619. The van der Waals surface area contributed by atoms with E-state index in [0.717, 1.165) is 22.7 Å². The van der Waals surface area contributed by atoms with Gasteiger partial charge in [0.2, 0.25) is 5.95 Å². The van der Waals surface area contributed by atoms with E-state index in [9.17, 15) is 4.39 Å². The zero-order chi connectivity index (χ0) is 16.5. The van der Waals surface area contributed by atoms with E-state index in [1.165, 1.54) is 6.07 Å². The van der Waals surface area contributed by atoms with Crippen molar-refractivity contribution >= 4 is 17.3 Å². The quantitative estimate of drug-likeness (QED) is 0.620. The maximum Gasteiger partial charge on any atom is 0.227 e. The zero-order valence-electron chi connectivity index (χ0n) is 12.9. The molecule has 0 aliphatic rings. The molecule has 5 nitrogen and oxygen atoms in total. The fourth-order valence-electron chi connectivity index (χ4n) is 2.54. The number of aromatic nitrogens is 4. The molecule has 6 heteroatoms. The number of pyridine rings is 1. The third kappa shape index (κ3) is 2.58. The predicted octanol–water partition coefficient (Wildman–Crippen LogP) is 3.98. The third-order valence-electron chi connectivity index (χ3n) is 3.75. The Morgan fingerprint density at radius 2 is 2.00 bits per heavy atom. The molecule has 0 unspecified atom stereocenters. The van der Waals surface area contributed by atoms with E-state index in [2.05, 4.69) is 20.3 Å². The number of halogens is 1. The van der Waals surface area contributed by atoms with Gasteiger partial charge in [-0.1, -0.05) is 6.07 Å². The molecular weight excluding hydrogens is 305 g/mol. The molecule has 0 bridgehead atoms. The number of rotatable bonds is 3. The summed E-state index contributed by atoms with van der Waals surface area (Å²) in [4.78, 5) is 13.1. The molecule has 24 heavy (non-hydrogen) atoms. The standard InChI is InChI=1S/C18H14FN5/c1-12-10-13(5-6-14(12)19)22-18-20-8-7-15(23-18)16-11-21-17-4-2-3-9-24(16)17/h2-11H,1H3,(H,20,22,23). The molecule has 0 aliphatic carbocycles. The highest BCUT2D eigenvalue weighted by molar-refractivity contribution is 5.62. The van der Waals surface area contributed by atoms with Crippen molar-refractivity contribution in [3.05, 3.63) is 72.4 Å². The number of anilines is 2. The number of nitrogens with zero attached hydrogens (tertiary/aromatic N) is 4. The molecular formula is C18H14FN5. The molecule has 4 rings (SSSR count). The van der Waals surface area contributed by atoms with Crippen LogP contribution < -0.4 is 5.32 Å². The van der Waals surface area contributed by atoms with Gasteiger partial charge in [-0.25, -0.2) is 19.3 Å². The Morgan fingerprint density at radius 1 is 1.08 bits per heavy atom. The molecule has 1 aromatic carbocycles. The maximum atomic E-state index is 13.4. The summed E-state index contributed by atoms with van der Waals surface area (Å²) in [7, 11) is 0. The van der Waals surface area contributed by atoms with Crippen molar-refractivity contribution in [2.24, 2.45) is 0 Å². The normalized spacial score (nSPS) is 10.9. The first-order valence-electron chi connectivity index (χ1n) is 7.49. The summed E-state index contributed by atoms with van der Waals surface area (Å²) in [5.74, 6) is 0.213. The molecule has 3 aromatic heterocycles. The van der Waals surface area contributed by atoms with Gasteiger partial charge in [-0.3, -0.25) is 4.40 Å². The van der Waals surface area contributed by atoms with Crippen LogP contribution in [0.15, 0.2) is 61.1 Å². The molecule has 1 N–H and O–H groups in total. The average molecular weight is 319 g/mol. The number of imidazole rings is 1. The monoisotopic (exact) mass is 319 g/mol. The van der Waals surface area contributed by atoms with Crippen LogP contribution >= 0.6 is 0 Å². The van der Waals surface area contributed by atoms with Crippen LogP contribution in [0.2, 0.25) is 0 Å². The minimum absolute atomic E-state index is 0.235. The van der Waals surface area contributed by atoms with E-state index in [1.807, 2.05) is 34.9 Å². The lowest BCUT2D eigenvalue weighted by Gasteiger charge is -2.07. The molecule has 0 fully saturated rings. The lowest BCUT2D eigenvalue weighted by atomic mass is 10.2. The lowest BCUT2D eigenvalue weighted by Crippen LogP contribution is -1.99. The smallest absolute Gasteiger partial charge is 0.227 e. The number of aryl methyl sites for hydroxylation is 1. The van der Waals surface area contributed by atoms with Crippen LogP contribution in [0.3, 0.4) is 0 Å². The van der Waals surface area contributed by atoms with Crippen molar-refractivity contribution in [1.29, 1.82) is 0 Å². The van der Waals surface area contributed by atoms with Crippen molar-refractivity contribution in [3.8, 4) is 11.4 Å². The summed E-state index contributed by atoms with van der Waals surface area (Å²) in [5.41, 5.74) is 3.80. The van der Waals surface area contributed by atoms with Crippen molar-refractivity contribution in [2.45, 2.75) is 6.92 Å². The van der Waals surface area contributed by atoms with Gasteiger partial charge in [-0.15, -0.1) is 0 Å². The van der Waals surface area contributed by atoms with E-state index in [0.29, 0.717) is 11.5 Å². The SMILES string of the molecule is Cc1cc(Nc2nccc(-c3cnc4ccccn34)n2)ccc1F. The molecule has 0 spiro atoms. The van der Waals surface area contributed by atoms with Crippen LogP contribution in [-0.2, 0) is 0 Å². The first kappa shape index (κ1) is 14.3. The Kier molecular flexibility index (Phi) is 3.42. The van der Waals surface area contributed by atoms with E-state index >= 15 is 0 Å². The molecule has 0 atom stereocenters. The second-order valence-electron chi connectivity index (χ2n) is 5.43. The number of nitrogens with one attached hydrogen (secondary N) is 1. The highest BCUT2D eigenvalue weighted by Gasteiger charge is 2.08. The van der Waals surface area contributed by atoms with Crippen molar-refractivity contribution in [2.75, 3.05) is 5.32 Å². The van der Waals surface area contributed by atoms with E-state index in [4.69, 9.17) is 0 Å². The Morgan fingerprint density at radius 3 is 2.88 bits per heavy atom. The van der Waals surface area contributed by atoms with Gasteiger partial charge in [-0.05, 0) is 48.9 Å². The highest BCUT2D eigenvalue weighted by atomic mass is 19.1. The molecule has 118 valence electrons. The largest absolute Gasteiger partial charge is 0.324 e. The fourth-order valence-corrected chi connectivity index (χ4v) is 2.54. The van der Waals surface area contributed by atoms with Crippen LogP contribution in [0.4, 0.5) is 16.0 Å². The van der Waals surface area contributed by atoms with Gasteiger partial charge in [0.05, 0.1) is 17.6 Å². The molecule has 0 aliphatic heterocycles. The Bertz CT molecular complexity index is 1020. The summed E-state index contributed by atoms with van der Waals surface area (Å²) in [5, 5.41) is 3.10. The van der Waals surface area contributed by atoms with Gasteiger partial charge in [0.15, 0.2) is 0 Å². The predicted molar refractivity (Wildman–Crippen MR) is 90.6 cm³/mol. The Hall–Kier alpha value is -3.28. The van der Waals surface area contributed by atoms with E-state index in [-0.39, 0.29) is 5.82 Å². The first-order valence-corrected chi connectivity index (χ1v) is 7.49. The number of hydrogen-bond acceptors (Lipinski definition) is 4. The van der Waals surface area contributed by atoms with Gasteiger partial charge in [-0.2, -0.15) is 0 Å². The zero-order valence-corrected chi connectivity index (χ0v) is 12.9. The van der Waals surface area contributed by atoms with Gasteiger partial charge < -0.3 is 5.32 Å². The molecule has 0 amide bonds. The average Bonchev–Trinajstić information content (AvgIpc) is 3.03. The summed E-state index contributed by atoms with van der Waals surface area (Å²) in [6.45, 7) is 1.72. The summed E-state index contributed by atoms with van der Waals surface area (Å²) in [6.07, 6.45) is 5.41. The van der Waals surface area contributed by atoms with Crippen molar-refractivity contribution in [1.82, 2.24) is 19.4 Å². The number of fused-ring (bicyclic) bond motifs is 1. The highest BCUT2D eigenvalue weighted by Crippen LogP contribution is 2.21. The summed E-state index contributed by atoms with van der Waals surface area (Å²) in [6, 6.07) is 12.5. The van der Waals surface area contributed by atoms with Crippen molar-refractivity contribution in [3.63, 3.8) is 0 Å². The van der Waals surface area contributed by atoms with E-state index in [1.54, 1.807) is 31.5 Å². The minimum Gasteiger partial charge on any atom is -0.324 e. The molecule has 3 heterocycles. The van der Waals surface area contributed by atoms with Crippen molar-refractivity contribution < 1.29 is 4.39 Å². The second-order valence-corrected chi connectivity index (χ2v) is 5.43. The van der Waals surface area contributed by atoms with Crippen LogP contribution in [0, 0.1) is 12.7 Å². The topological polar surface area (TPSA) is 55.1 Å². The van der Waals surface area contributed by atoms with Gasteiger partial charge in [0.25, 0.3) is 0 Å². The van der Waals surface area contributed by atoms with E-state index < -0.39 is 0 Å². The van der Waals surface area contributed by atoms with Gasteiger partial charge >= 0.3 is 0 Å². The van der Waals surface area contributed by atoms with Gasteiger partial charge in [0, 0.05) is 18.1 Å². The summed E-state index contributed by atoms with van der Waals surface area (Å²) >= 11 is 0. The van der Waals surface area contributed by atoms with Gasteiger partial charge in [0.1, 0.15) is 11.5 Å². The van der Waals surface area contributed by atoms with Crippen LogP contribution in [0.5, 0.6) is 0 Å². The first-order chi connectivity index (χ1) is 11.7. The van der Waals surface area contributed by atoms with Crippen LogP contribution in [0.1, 0.15) is 5.56 Å². The Labute approximate surface area is 137 Å². The summed E-state index contributed by atoms with van der Waals surface area (Å²) < 4.78 is 15.3. The minimum atomic E-state index is -0.235. The number of hydrogen-bond donors (Lipinski definition) is 1. The Balaban J connectivity index is 1.70. The molecule has 0 radical (unpaired) electrons. The molecule has 4 aromatic rings. The van der Waals surface area contributed by atoms with Crippen LogP contribution in [-0.4, -0.2) is 19.4 Å². The third-order valence-corrected chi connectivity index (χ3v) is 3.75. The molecule has 0 saturated heterocycles. The second kappa shape index (κ2) is 5.73. The fraction of sp³-hybridized carbons (Fsp3) is 0.0556. The van der Waals surface area contributed by atoms with Crippen LogP contribution in [0.25, 0.3) is 17.0 Å². The maximum absolute atomic E-state index is 13.4. The molecule has 0 saturated carbocycles. The number of benzene rings is 1.